The molecule has 0 bridgehead atoms. The van der Waals surface area contributed by atoms with Crippen LogP contribution in [0.1, 0.15) is 11.6 Å². The molecule has 1 heterocycles. The highest BCUT2D eigenvalue weighted by Crippen LogP contribution is 2.25. The number of hydrogen-bond donors (Lipinski definition) is 1. The van der Waals surface area contributed by atoms with E-state index in [0.29, 0.717) is 11.6 Å². The van der Waals surface area contributed by atoms with Crippen molar-refractivity contribution in [3.05, 3.63) is 34.6 Å². The lowest BCUT2D eigenvalue weighted by molar-refractivity contribution is 0.0769. The summed E-state index contributed by atoms with van der Waals surface area (Å²) in [6, 6.07) is 4.52. The first kappa shape index (κ1) is 9.90. The molecule has 0 amide bonds. The van der Waals surface area contributed by atoms with Gasteiger partial charge in [0, 0.05) is 11.6 Å². The Morgan fingerprint density at radius 3 is 3.00 bits per heavy atom. The summed E-state index contributed by atoms with van der Waals surface area (Å²) in [5.74, 6) is -0.310. The number of ether oxygens (including phenoxy) is 1. The quantitative estimate of drug-likeness (QED) is 0.775. The van der Waals surface area contributed by atoms with Gasteiger partial charge in [0.05, 0.1) is 19.3 Å². The van der Waals surface area contributed by atoms with Gasteiger partial charge in [0.15, 0.2) is 0 Å². The molecule has 1 atom stereocenters. The average Bonchev–Trinajstić information content (AvgIpc) is 2.19. The van der Waals surface area contributed by atoms with Gasteiger partial charge in [0.25, 0.3) is 0 Å². The molecular weight excluding hydrogens is 205 g/mol. The first-order chi connectivity index (χ1) is 6.77. The van der Waals surface area contributed by atoms with Gasteiger partial charge in [-0.1, -0.05) is 17.7 Å². The summed E-state index contributed by atoms with van der Waals surface area (Å²) in [7, 11) is 0. The SMILES string of the molecule is Fc1ccc(C2COCCN2)c(Cl)c1. The van der Waals surface area contributed by atoms with E-state index in [0.717, 1.165) is 18.7 Å². The molecule has 1 saturated heterocycles. The monoisotopic (exact) mass is 215 g/mol. The molecule has 1 unspecified atom stereocenters. The smallest absolute Gasteiger partial charge is 0.124 e. The van der Waals surface area contributed by atoms with Crippen LogP contribution in [0.25, 0.3) is 0 Å². The van der Waals surface area contributed by atoms with Crippen molar-refractivity contribution in [2.75, 3.05) is 19.8 Å². The van der Waals surface area contributed by atoms with E-state index in [9.17, 15) is 4.39 Å². The van der Waals surface area contributed by atoms with E-state index in [4.69, 9.17) is 16.3 Å². The summed E-state index contributed by atoms with van der Waals surface area (Å²) in [5, 5.41) is 3.72. The van der Waals surface area contributed by atoms with Gasteiger partial charge in [0.2, 0.25) is 0 Å². The van der Waals surface area contributed by atoms with Gasteiger partial charge in [-0.15, -0.1) is 0 Å². The van der Waals surface area contributed by atoms with Gasteiger partial charge in [-0.25, -0.2) is 4.39 Å². The zero-order valence-electron chi connectivity index (χ0n) is 7.59. The van der Waals surface area contributed by atoms with E-state index in [2.05, 4.69) is 5.32 Å². The van der Waals surface area contributed by atoms with Crippen LogP contribution in [0.3, 0.4) is 0 Å². The highest BCUT2D eigenvalue weighted by Gasteiger charge is 2.17. The van der Waals surface area contributed by atoms with Crippen LogP contribution in [-0.2, 0) is 4.74 Å². The Balaban J connectivity index is 2.22. The maximum absolute atomic E-state index is 12.8. The lowest BCUT2D eigenvalue weighted by atomic mass is 10.1. The van der Waals surface area contributed by atoms with Gasteiger partial charge >= 0.3 is 0 Å². The molecule has 14 heavy (non-hydrogen) atoms. The van der Waals surface area contributed by atoms with Crippen molar-refractivity contribution < 1.29 is 9.13 Å². The van der Waals surface area contributed by atoms with Crippen LogP contribution >= 0.6 is 11.6 Å². The molecule has 4 heteroatoms. The van der Waals surface area contributed by atoms with E-state index in [-0.39, 0.29) is 11.9 Å². The normalized spacial score (nSPS) is 22.3. The number of hydrogen-bond acceptors (Lipinski definition) is 2. The second-order valence-corrected chi connectivity index (χ2v) is 3.65. The number of nitrogens with one attached hydrogen (secondary N) is 1. The van der Waals surface area contributed by atoms with Crippen molar-refractivity contribution in [2.45, 2.75) is 6.04 Å². The van der Waals surface area contributed by atoms with Crippen molar-refractivity contribution in [3.8, 4) is 0 Å². The maximum atomic E-state index is 12.8. The Morgan fingerprint density at radius 1 is 1.50 bits per heavy atom. The number of halogens is 2. The summed E-state index contributed by atoms with van der Waals surface area (Å²) in [6.07, 6.45) is 0. The summed E-state index contributed by atoms with van der Waals surface area (Å²) >= 11 is 5.93. The molecule has 0 saturated carbocycles. The lowest BCUT2D eigenvalue weighted by Crippen LogP contribution is -2.34. The fourth-order valence-corrected chi connectivity index (χ4v) is 1.85. The molecule has 0 radical (unpaired) electrons. The van der Waals surface area contributed by atoms with Crippen molar-refractivity contribution in [3.63, 3.8) is 0 Å². The van der Waals surface area contributed by atoms with E-state index < -0.39 is 0 Å². The highest BCUT2D eigenvalue weighted by atomic mass is 35.5. The third-order valence-corrected chi connectivity index (χ3v) is 2.59. The Hall–Kier alpha value is -0.640. The zero-order chi connectivity index (χ0) is 9.97. The van der Waals surface area contributed by atoms with Gasteiger partial charge in [0.1, 0.15) is 5.82 Å². The number of morpholine rings is 1. The maximum Gasteiger partial charge on any atom is 0.124 e. The van der Waals surface area contributed by atoms with E-state index >= 15 is 0 Å². The predicted octanol–water partition coefficient (Wildman–Crippen LogP) is 2.14. The number of benzene rings is 1. The van der Waals surface area contributed by atoms with Crippen molar-refractivity contribution in [1.29, 1.82) is 0 Å². The predicted molar refractivity (Wildman–Crippen MR) is 53.0 cm³/mol. The minimum atomic E-state index is -0.310. The molecule has 1 aliphatic rings. The molecule has 76 valence electrons. The second kappa shape index (κ2) is 4.26. The molecule has 2 nitrogen and oxygen atoms in total. The lowest BCUT2D eigenvalue weighted by Gasteiger charge is -2.24. The van der Waals surface area contributed by atoms with Crippen LogP contribution < -0.4 is 5.32 Å². The largest absolute Gasteiger partial charge is 0.378 e. The Morgan fingerprint density at radius 2 is 2.36 bits per heavy atom. The molecule has 1 aliphatic heterocycles. The van der Waals surface area contributed by atoms with Crippen LogP contribution in [0.2, 0.25) is 5.02 Å². The molecule has 2 rings (SSSR count). The average molecular weight is 216 g/mol. The molecule has 0 spiro atoms. The van der Waals surface area contributed by atoms with Crippen LogP contribution in [0.4, 0.5) is 4.39 Å². The summed E-state index contributed by atoms with van der Waals surface area (Å²) in [5.41, 5.74) is 0.896. The fourth-order valence-electron chi connectivity index (χ4n) is 1.55. The molecule has 1 fully saturated rings. The third-order valence-electron chi connectivity index (χ3n) is 2.26. The fraction of sp³-hybridized carbons (Fsp3) is 0.400. The summed E-state index contributed by atoms with van der Waals surface area (Å²) in [4.78, 5) is 0. The van der Waals surface area contributed by atoms with Crippen molar-refractivity contribution in [1.82, 2.24) is 5.32 Å². The van der Waals surface area contributed by atoms with Crippen LogP contribution in [0.5, 0.6) is 0 Å². The molecular formula is C10H11ClFNO. The topological polar surface area (TPSA) is 21.3 Å². The van der Waals surface area contributed by atoms with E-state index in [1.807, 2.05) is 0 Å². The van der Waals surface area contributed by atoms with Crippen LogP contribution in [-0.4, -0.2) is 19.8 Å². The minimum Gasteiger partial charge on any atom is -0.378 e. The van der Waals surface area contributed by atoms with E-state index in [1.54, 1.807) is 6.07 Å². The molecule has 1 aromatic rings. The van der Waals surface area contributed by atoms with Crippen LogP contribution in [0.15, 0.2) is 18.2 Å². The van der Waals surface area contributed by atoms with Gasteiger partial charge in [-0.05, 0) is 17.7 Å². The summed E-state index contributed by atoms with van der Waals surface area (Å²) < 4.78 is 18.1. The van der Waals surface area contributed by atoms with Gasteiger partial charge < -0.3 is 10.1 Å². The standard InChI is InChI=1S/C10H11ClFNO/c11-9-5-7(12)1-2-8(9)10-6-14-4-3-13-10/h1-2,5,10,13H,3-4,6H2. The first-order valence-corrected chi connectivity index (χ1v) is 4.91. The second-order valence-electron chi connectivity index (χ2n) is 3.25. The Labute approximate surface area is 87.0 Å². The molecule has 0 aliphatic carbocycles. The number of rotatable bonds is 1. The van der Waals surface area contributed by atoms with E-state index in [1.165, 1.54) is 12.1 Å². The highest BCUT2D eigenvalue weighted by molar-refractivity contribution is 6.31. The first-order valence-electron chi connectivity index (χ1n) is 4.53. The molecule has 1 N–H and O–H groups in total. The molecule has 1 aromatic carbocycles. The Kier molecular flexibility index (Phi) is 3.01. The van der Waals surface area contributed by atoms with Crippen molar-refractivity contribution in [2.24, 2.45) is 0 Å². The van der Waals surface area contributed by atoms with Gasteiger partial charge in [-0.2, -0.15) is 0 Å². The van der Waals surface area contributed by atoms with Crippen molar-refractivity contribution >= 4 is 11.6 Å². The van der Waals surface area contributed by atoms with Crippen LogP contribution in [0, 0.1) is 5.82 Å². The minimum absolute atomic E-state index is 0.0804. The molecule has 0 aromatic heterocycles. The zero-order valence-corrected chi connectivity index (χ0v) is 8.35. The van der Waals surface area contributed by atoms with Gasteiger partial charge in [-0.3, -0.25) is 0 Å². The summed E-state index contributed by atoms with van der Waals surface area (Å²) in [6.45, 7) is 2.11. The Bertz CT molecular complexity index is 326. The third kappa shape index (κ3) is 2.05.